The van der Waals surface area contributed by atoms with Crippen LogP contribution in [0.15, 0.2) is 64.1 Å². The molecule has 1 fully saturated rings. The SMILES string of the molecule is CSc1cccc(Cc2ccccc2C(=O)c2cnoc2C2CC2)c1. The fraction of sp³-hybridized carbons (Fsp3) is 0.238. The van der Waals surface area contributed by atoms with Crippen LogP contribution in [0.2, 0.25) is 0 Å². The molecule has 0 radical (unpaired) electrons. The largest absolute Gasteiger partial charge is 0.360 e. The number of aromatic nitrogens is 1. The molecule has 126 valence electrons. The molecule has 25 heavy (non-hydrogen) atoms. The second kappa shape index (κ2) is 6.89. The molecule has 0 aliphatic heterocycles. The molecule has 0 bridgehead atoms. The molecule has 0 spiro atoms. The van der Waals surface area contributed by atoms with Crippen LogP contribution in [0.5, 0.6) is 0 Å². The summed E-state index contributed by atoms with van der Waals surface area (Å²) in [6.45, 7) is 0. The Kier molecular flexibility index (Phi) is 4.45. The predicted octanol–water partition coefficient (Wildman–Crippen LogP) is 5.10. The van der Waals surface area contributed by atoms with Gasteiger partial charge in [0.15, 0.2) is 11.5 Å². The summed E-state index contributed by atoms with van der Waals surface area (Å²) in [5.41, 5.74) is 3.60. The van der Waals surface area contributed by atoms with E-state index in [1.165, 1.54) is 10.5 Å². The zero-order valence-electron chi connectivity index (χ0n) is 14.1. The molecule has 0 atom stereocenters. The minimum atomic E-state index is 0.0137. The normalized spacial score (nSPS) is 13.8. The van der Waals surface area contributed by atoms with Crippen LogP contribution in [0.25, 0.3) is 0 Å². The van der Waals surface area contributed by atoms with E-state index in [-0.39, 0.29) is 5.78 Å². The maximum Gasteiger partial charge on any atom is 0.198 e. The summed E-state index contributed by atoms with van der Waals surface area (Å²) in [5, 5.41) is 3.87. The van der Waals surface area contributed by atoms with E-state index in [2.05, 4.69) is 35.7 Å². The van der Waals surface area contributed by atoms with E-state index in [1.54, 1.807) is 18.0 Å². The van der Waals surface area contributed by atoms with Gasteiger partial charge in [0.25, 0.3) is 0 Å². The summed E-state index contributed by atoms with van der Waals surface area (Å²) in [5.74, 6) is 1.14. The van der Waals surface area contributed by atoms with E-state index < -0.39 is 0 Å². The molecule has 0 amide bonds. The summed E-state index contributed by atoms with van der Waals surface area (Å²) < 4.78 is 5.35. The zero-order valence-corrected chi connectivity index (χ0v) is 14.9. The molecule has 1 aromatic heterocycles. The van der Waals surface area contributed by atoms with E-state index in [4.69, 9.17) is 4.52 Å². The Morgan fingerprint density at radius 1 is 1.16 bits per heavy atom. The van der Waals surface area contributed by atoms with Gasteiger partial charge in [0.05, 0.1) is 11.8 Å². The van der Waals surface area contributed by atoms with Gasteiger partial charge in [-0.05, 0) is 48.8 Å². The summed E-state index contributed by atoms with van der Waals surface area (Å²) in [6, 6.07) is 16.3. The third kappa shape index (κ3) is 3.40. The van der Waals surface area contributed by atoms with E-state index in [0.29, 0.717) is 11.5 Å². The lowest BCUT2D eigenvalue weighted by molar-refractivity contribution is 0.103. The van der Waals surface area contributed by atoms with Gasteiger partial charge in [-0.15, -0.1) is 11.8 Å². The van der Waals surface area contributed by atoms with E-state index in [0.717, 1.165) is 36.1 Å². The average Bonchev–Trinajstić information content (AvgIpc) is 3.38. The first-order chi connectivity index (χ1) is 12.3. The first kappa shape index (κ1) is 16.2. The molecule has 4 rings (SSSR count). The Balaban J connectivity index is 1.66. The molecule has 1 aliphatic rings. The van der Waals surface area contributed by atoms with Gasteiger partial charge >= 0.3 is 0 Å². The topological polar surface area (TPSA) is 43.1 Å². The number of benzene rings is 2. The van der Waals surface area contributed by atoms with Crippen LogP contribution in [-0.4, -0.2) is 17.2 Å². The van der Waals surface area contributed by atoms with Crippen molar-refractivity contribution in [1.29, 1.82) is 0 Å². The van der Waals surface area contributed by atoms with Gasteiger partial charge in [0.2, 0.25) is 0 Å². The lowest BCUT2D eigenvalue weighted by Gasteiger charge is -2.09. The molecule has 1 aliphatic carbocycles. The number of ketones is 1. The number of rotatable bonds is 6. The number of hydrogen-bond acceptors (Lipinski definition) is 4. The lowest BCUT2D eigenvalue weighted by Crippen LogP contribution is -2.07. The van der Waals surface area contributed by atoms with Gasteiger partial charge in [-0.3, -0.25) is 4.79 Å². The third-order valence-corrected chi connectivity index (χ3v) is 5.31. The number of carbonyl (C=O) groups excluding carboxylic acids is 1. The number of nitrogens with zero attached hydrogens (tertiary/aromatic N) is 1. The predicted molar refractivity (Wildman–Crippen MR) is 99.4 cm³/mol. The van der Waals surface area contributed by atoms with Crippen molar-refractivity contribution in [3.05, 3.63) is 82.7 Å². The second-order valence-corrected chi connectivity index (χ2v) is 7.27. The lowest BCUT2D eigenvalue weighted by atomic mass is 9.94. The molecule has 0 unspecified atom stereocenters. The van der Waals surface area contributed by atoms with Gasteiger partial charge in [0, 0.05) is 16.4 Å². The molecule has 0 saturated heterocycles. The minimum absolute atomic E-state index is 0.0137. The maximum absolute atomic E-state index is 13.1. The van der Waals surface area contributed by atoms with Crippen LogP contribution in [0.1, 0.15) is 51.6 Å². The highest BCUT2D eigenvalue weighted by molar-refractivity contribution is 7.98. The standard InChI is InChI=1S/C21H19NO2S/c1-25-17-7-4-5-14(12-17)11-16-6-2-3-8-18(16)20(23)19-13-22-24-21(19)15-9-10-15/h2-8,12-13,15H,9-11H2,1H3. The van der Waals surface area contributed by atoms with Crippen LogP contribution in [0, 0.1) is 0 Å². The fourth-order valence-electron chi connectivity index (χ4n) is 3.10. The van der Waals surface area contributed by atoms with Crippen molar-refractivity contribution < 1.29 is 9.32 Å². The van der Waals surface area contributed by atoms with Gasteiger partial charge < -0.3 is 4.52 Å². The molecular weight excluding hydrogens is 330 g/mol. The molecule has 3 aromatic rings. The molecule has 1 saturated carbocycles. The Hall–Kier alpha value is -2.33. The monoisotopic (exact) mass is 349 g/mol. The Labute approximate surface area is 151 Å². The molecule has 2 aromatic carbocycles. The fourth-order valence-corrected chi connectivity index (χ4v) is 3.59. The van der Waals surface area contributed by atoms with Crippen molar-refractivity contribution in [2.24, 2.45) is 0 Å². The van der Waals surface area contributed by atoms with Crippen molar-refractivity contribution in [2.75, 3.05) is 6.26 Å². The second-order valence-electron chi connectivity index (χ2n) is 6.39. The molecule has 4 heteroatoms. The summed E-state index contributed by atoms with van der Waals surface area (Å²) in [7, 11) is 0. The van der Waals surface area contributed by atoms with Crippen molar-refractivity contribution >= 4 is 17.5 Å². The van der Waals surface area contributed by atoms with Crippen molar-refractivity contribution in [3.8, 4) is 0 Å². The quantitative estimate of drug-likeness (QED) is 0.459. The van der Waals surface area contributed by atoms with Crippen molar-refractivity contribution in [2.45, 2.75) is 30.1 Å². The smallest absolute Gasteiger partial charge is 0.198 e. The minimum Gasteiger partial charge on any atom is -0.360 e. The highest BCUT2D eigenvalue weighted by atomic mass is 32.2. The molecule has 0 N–H and O–H groups in total. The first-order valence-electron chi connectivity index (χ1n) is 8.46. The summed E-state index contributed by atoms with van der Waals surface area (Å²) in [4.78, 5) is 14.3. The molecule has 3 nitrogen and oxygen atoms in total. The van der Waals surface area contributed by atoms with Crippen molar-refractivity contribution in [1.82, 2.24) is 5.16 Å². The van der Waals surface area contributed by atoms with Gasteiger partial charge in [-0.1, -0.05) is 41.6 Å². The Bertz CT molecular complexity index is 912. The van der Waals surface area contributed by atoms with Crippen LogP contribution in [0.3, 0.4) is 0 Å². The average molecular weight is 349 g/mol. The number of thioether (sulfide) groups is 1. The van der Waals surface area contributed by atoms with Crippen LogP contribution in [0.4, 0.5) is 0 Å². The Morgan fingerprint density at radius 3 is 2.80 bits per heavy atom. The maximum atomic E-state index is 13.1. The van der Waals surface area contributed by atoms with E-state index >= 15 is 0 Å². The summed E-state index contributed by atoms with van der Waals surface area (Å²) >= 11 is 1.73. The van der Waals surface area contributed by atoms with Gasteiger partial charge in [-0.25, -0.2) is 0 Å². The summed E-state index contributed by atoms with van der Waals surface area (Å²) in [6.07, 6.45) is 6.54. The zero-order chi connectivity index (χ0) is 17.2. The van der Waals surface area contributed by atoms with Crippen LogP contribution < -0.4 is 0 Å². The van der Waals surface area contributed by atoms with E-state index in [9.17, 15) is 4.79 Å². The van der Waals surface area contributed by atoms with E-state index in [1.807, 2.05) is 24.3 Å². The first-order valence-corrected chi connectivity index (χ1v) is 9.69. The Morgan fingerprint density at radius 2 is 2.00 bits per heavy atom. The van der Waals surface area contributed by atoms with Crippen molar-refractivity contribution in [3.63, 3.8) is 0 Å². The van der Waals surface area contributed by atoms with Crippen LogP contribution in [-0.2, 0) is 6.42 Å². The highest BCUT2D eigenvalue weighted by Crippen LogP contribution is 2.42. The third-order valence-electron chi connectivity index (χ3n) is 4.58. The highest BCUT2D eigenvalue weighted by Gasteiger charge is 2.33. The number of hydrogen-bond donors (Lipinski definition) is 0. The number of carbonyl (C=O) groups is 1. The molecular formula is C21H19NO2S. The molecule has 1 heterocycles. The van der Waals surface area contributed by atoms with Crippen LogP contribution >= 0.6 is 11.8 Å². The van der Waals surface area contributed by atoms with Gasteiger partial charge in [0.1, 0.15) is 0 Å². The van der Waals surface area contributed by atoms with Gasteiger partial charge in [-0.2, -0.15) is 0 Å².